The summed E-state index contributed by atoms with van der Waals surface area (Å²) in [7, 11) is 0. The van der Waals surface area contributed by atoms with Crippen LogP contribution >= 0.6 is 0 Å². The van der Waals surface area contributed by atoms with E-state index < -0.39 is 11.2 Å². The van der Waals surface area contributed by atoms with Crippen LogP contribution in [-0.2, 0) is 9.59 Å². The number of hydrogen-bond acceptors (Lipinski definition) is 3. The van der Waals surface area contributed by atoms with Gasteiger partial charge in [-0.25, -0.2) is 9.29 Å². The molecular formula is C15H13FN2O2. The van der Waals surface area contributed by atoms with E-state index in [9.17, 15) is 14.0 Å². The van der Waals surface area contributed by atoms with Gasteiger partial charge in [0.1, 0.15) is 5.82 Å². The molecule has 102 valence electrons. The largest absolute Gasteiger partial charge is 0.274 e. The van der Waals surface area contributed by atoms with Gasteiger partial charge in [0, 0.05) is 6.42 Å². The molecule has 1 aromatic carbocycles. The van der Waals surface area contributed by atoms with Crippen LogP contribution in [0.1, 0.15) is 37.7 Å². The van der Waals surface area contributed by atoms with Crippen LogP contribution in [0.2, 0.25) is 0 Å². The Morgan fingerprint density at radius 3 is 2.55 bits per heavy atom. The van der Waals surface area contributed by atoms with Gasteiger partial charge in [-0.2, -0.15) is 5.26 Å². The minimum absolute atomic E-state index is 0.0391. The smallest absolute Gasteiger partial charge is 0.240 e. The normalized spacial score (nSPS) is 20.7. The molecule has 2 amide bonds. The molecule has 3 rings (SSSR count). The molecule has 0 N–H and O–H groups in total. The number of nitrogens with zero attached hydrogens (tertiary/aromatic N) is 2. The van der Waals surface area contributed by atoms with Gasteiger partial charge in [0.25, 0.3) is 0 Å². The lowest BCUT2D eigenvalue weighted by Gasteiger charge is -2.21. The van der Waals surface area contributed by atoms with E-state index in [0.717, 1.165) is 23.8 Å². The zero-order valence-electron chi connectivity index (χ0n) is 10.9. The SMILES string of the molecule is N#Cc1ccc(N2C(=O)CC3(CCCC3)C2=O)c(F)c1. The molecule has 4 nitrogen and oxygen atoms in total. The maximum Gasteiger partial charge on any atom is 0.240 e. The lowest BCUT2D eigenvalue weighted by molar-refractivity contribution is -0.125. The van der Waals surface area contributed by atoms with E-state index >= 15 is 0 Å². The summed E-state index contributed by atoms with van der Waals surface area (Å²) in [6.45, 7) is 0. The highest BCUT2D eigenvalue weighted by molar-refractivity contribution is 6.22. The lowest BCUT2D eigenvalue weighted by atomic mass is 9.84. The van der Waals surface area contributed by atoms with E-state index in [0.29, 0.717) is 12.8 Å². The van der Waals surface area contributed by atoms with Gasteiger partial charge in [-0.3, -0.25) is 9.59 Å². The molecule has 0 aromatic heterocycles. The number of hydrogen-bond donors (Lipinski definition) is 0. The first-order chi connectivity index (χ1) is 9.57. The molecule has 2 aliphatic rings. The van der Waals surface area contributed by atoms with Gasteiger partial charge >= 0.3 is 0 Å². The predicted molar refractivity (Wildman–Crippen MR) is 69.1 cm³/mol. The van der Waals surface area contributed by atoms with Crippen LogP contribution in [-0.4, -0.2) is 11.8 Å². The Morgan fingerprint density at radius 1 is 1.25 bits per heavy atom. The van der Waals surface area contributed by atoms with Crippen molar-refractivity contribution in [2.45, 2.75) is 32.1 Å². The number of rotatable bonds is 1. The van der Waals surface area contributed by atoms with Gasteiger partial charge in [0.15, 0.2) is 0 Å². The van der Waals surface area contributed by atoms with Gasteiger partial charge in [0.05, 0.1) is 22.7 Å². The number of nitriles is 1. The molecule has 2 fully saturated rings. The fraction of sp³-hybridized carbons (Fsp3) is 0.400. The van der Waals surface area contributed by atoms with Gasteiger partial charge in [-0.15, -0.1) is 0 Å². The summed E-state index contributed by atoms with van der Waals surface area (Å²) in [6, 6.07) is 5.63. The summed E-state index contributed by atoms with van der Waals surface area (Å²) in [5, 5.41) is 8.73. The molecule has 0 radical (unpaired) electrons. The Kier molecular flexibility index (Phi) is 2.82. The van der Waals surface area contributed by atoms with Crippen molar-refractivity contribution < 1.29 is 14.0 Å². The van der Waals surface area contributed by atoms with Gasteiger partial charge < -0.3 is 0 Å². The Morgan fingerprint density at radius 2 is 1.95 bits per heavy atom. The number of carbonyl (C=O) groups is 2. The van der Waals surface area contributed by atoms with Crippen LogP contribution in [0.4, 0.5) is 10.1 Å². The summed E-state index contributed by atoms with van der Waals surface area (Å²) in [6.07, 6.45) is 3.44. The first-order valence-electron chi connectivity index (χ1n) is 6.64. The van der Waals surface area contributed by atoms with Gasteiger partial charge in [-0.05, 0) is 31.0 Å². The van der Waals surface area contributed by atoms with E-state index in [1.807, 2.05) is 6.07 Å². The van der Waals surface area contributed by atoms with E-state index in [1.54, 1.807) is 0 Å². The van der Waals surface area contributed by atoms with Crippen molar-refractivity contribution in [3.8, 4) is 6.07 Å². The maximum absolute atomic E-state index is 14.0. The Hall–Kier alpha value is -2.22. The lowest BCUT2D eigenvalue weighted by Crippen LogP contribution is -2.35. The number of halogens is 1. The molecule has 1 spiro atoms. The van der Waals surface area contributed by atoms with E-state index in [-0.39, 0.29) is 29.5 Å². The van der Waals surface area contributed by atoms with Crippen LogP contribution in [0.5, 0.6) is 0 Å². The van der Waals surface area contributed by atoms with Crippen molar-refractivity contribution in [3.05, 3.63) is 29.6 Å². The fourth-order valence-electron chi connectivity index (χ4n) is 3.24. The molecule has 1 saturated heterocycles. The standard InChI is InChI=1S/C15H13FN2O2/c16-11-7-10(9-17)3-4-12(11)18-13(19)8-15(14(18)20)5-1-2-6-15/h3-4,7H,1-2,5-6,8H2. The van der Waals surface area contributed by atoms with E-state index in [2.05, 4.69) is 0 Å². The molecular weight excluding hydrogens is 259 g/mol. The van der Waals surface area contributed by atoms with Crippen molar-refractivity contribution in [2.24, 2.45) is 5.41 Å². The van der Waals surface area contributed by atoms with Crippen molar-refractivity contribution in [1.29, 1.82) is 5.26 Å². The van der Waals surface area contributed by atoms with Crippen LogP contribution in [0.15, 0.2) is 18.2 Å². The number of carbonyl (C=O) groups excluding carboxylic acids is 2. The molecule has 0 atom stereocenters. The van der Waals surface area contributed by atoms with Gasteiger partial charge in [-0.1, -0.05) is 12.8 Å². The highest BCUT2D eigenvalue weighted by atomic mass is 19.1. The van der Waals surface area contributed by atoms with E-state index in [1.165, 1.54) is 12.1 Å². The first-order valence-corrected chi connectivity index (χ1v) is 6.64. The molecule has 5 heteroatoms. The summed E-state index contributed by atoms with van der Waals surface area (Å²) in [4.78, 5) is 25.6. The maximum atomic E-state index is 14.0. The van der Waals surface area contributed by atoms with Crippen LogP contribution in [0.25, 0.3) is 0 Å². The molecule has 1 heterocycles. The number of benzene rings is 1. The summed E-state index contributed by atoms with van der Waals surface area (Å²) in [5.74, 6) is -1.34. The summed E-state index contributed by atoms with van der Waals surface area (Å²) in [5.41, 5.74) is -0.485. The third-order valence-electron chi connectivity index (χ3n) is 4.27. The molecule has 0 bridgehead atoms. The second-order valence-electron chi connectivity index (χ2n) is 5.48. The minimum atomic E-state index is -0.708. The minimum Gasteiger partial charge on any atom is -0.274 e. The highest BCUT2D eigenvalue weighted by Gasteiger charge is 2.53. The van der Waals surface area contributed by atoms with Crippen LogP contribution in [0.3, 0.4) is 0 Å². The fourth-order valence-corrected chi connectivity index (χ4v) is 3.24. The summed E-state index contributed by atoms with van der Waals surface area (Å²) < 4.78 is 14.0. The molecule has 20 heavy (non-hydrogen) atoms. The quantitative estimate of drug-likeness (QED) is 0.738. The second kappa shape index (κ2) is 4.41. The van der Waals surface area contributed by atoms with Crippen molar-refractivity contribution >= 4 is 17.5 Å². The monoisotopic (exact) mass is 272 g/mol. The van der Waals surface area contributed by atoms with Crippen molar-refractivity contribution in [2.75, 3.05) is 4.90 Å². The van der Waals surface area contributed by atoms with Crippen molar-refractivity contribution in [3.63, 3.8) is 0 Å². The Labute approximate surface area is 115 Å². The Balaban J connectivity index is 2.00. The molecule has 1 aliphatic carbocycles. The third-order valence-corrected chi connectivity index (χ3v) is 4.27. The Bertz CT molecular complexity index is 642. The topological polar surface area (TPSA) is 61.2 Å². The average molecular weight is 272 g/mol. The number of amides is 2. The molecule has 1 aliphatic heterocycles. The van der Waals surface area contributed by atoms with Crippen molar-refractivity contribution in [1.82, 2.24) is 0 Å². The predicted octanol–water partition coefficient (Wildman–Crippen LogP) is 2.52. The van der Waals surface area contributed by atoms with Crippen LogP contribution < -0.4 is 4.90 Å². The third kappa shape index (κ3) is 1.72. The molecule has 1 aromatic rings. The molecule has 1 saturated carbocycles. The highest BCUT2D eigenvalue weighted by Crippen LogP contribution is 2.48. The average Bonchev–Trinajstić information content (AvgIpc) is 2.98. The summed E-state index contributed by atoms with van der Waals surface area (Å²) >= 11 is 0. The second-order valence-corrected chi connectivity index (χ2v) is 5.48. The molecule has 0 unspecified atom stereocenters. The first kappa shape index (κ1) is 12.8. The van der Waals surface area contributed by atoms with Gasteiger partial charge in [0.2, 0.25) is 11.8 Å². The number of anilines is 1. The van der Waals surface area contributed by atoms with Crippen LogP contribution in [0, 0.1) is 22.6 Å². The van der Waals surface area contributed by atoms with E-state index in [4.69, 9.17) is 5.26 Å². The zero-order valence-corrected chi connectivity index (χ0v) is 10.9. The number of imide groups is 1. The zero-order chi connectivity index (χ0) is 14.3.